The Labute approximate surface area is 109 Å². The van der Waals surface area contributed by atoms with Crippen LogP contribution in [0.1, 0.15) is 19.8 Å². The Hall–Kier alpha value is -2.22. The average molecular weight is 265 g/mol. The molecule has 0 saturated carbocycles. The molecule has 2 rings (SSSR count). The van der Waals surface area contributed by atoms with Crippen LogP contribution in [0.2, 0.25) is 0 Å². The lowest BCUT2D eigenvalue weighted by molar-refractivity contribution is -0.383. The van der Waals surface area contributed by atoms with Crippen LogP contribution in [0.25, 0.3) is 11.0 Å². The molecule has 19 heavy (non-hydrogen) atoms. The summed E-state index contributed by atoms with van der Waals surface area (Å²) in [6.07, 6.45) is 1.89. The van der Waals surface area contributed by atoms with E-state index >= 15 is 0 Å². The molecular weight excluding hydrogens is 250 g/mol. The van der Waals surface area contributed by atoms with Crippen molar-refractivity contribution in [3.63, 3.8) is 0 Å². The number of benzene rings is 1. The molecule has 1 heterocycles. The van der Waals surface area contributed by atoms with Crippen LogP contribution in [0.4, 0.5) is 11.4 Å². The SMILES string of the molecule is CCCC(CN)Nc1ccc([N+](=O)[O-])c2nonc12. The molecule has 2 aromatic rings. The Morgan fingerprint density at radius 3 is 2.84 bits per heavy atom. The maximum atomic E-state index is 10.9. The van der Waals surface area contributed by atoms with Crippen molar-refractivity contribution >= 4 is 22.4 Å². The van der Waals surface area contributed by atoms with Crippen molar-refractivity contribution in [2.24, 2.45) is 5.73 Å². The molecule has 8 heteroatoms. The van der Waals surface area contributed by atoms with Crippen LogP contribution < -0.4 is 11.1 Å². The Morgan fingerprint density at radius 2 is 2.21 bits per heavy atom. The number of non-ortho nitro benzene ring substituents is 1. The number of hydrogen-bond donors (Lipinski definition) is 2. The molecule has 1 aromatic heterocycles. The van der Waals surface area contributed by atoms with Gasteiger partial charge in [0.05, 0.1) is 10.6 Å². The largest absolute Gasteiger partial charge is 0.379 e. The van der Waals surface area contributed by atoms with Gasteiger partial charge in [-0.05, 0) is 22.8 Å². The predicted molar refractivity (Wildman–Crippen MR) is 69.8 cm³/mol. The Morgan fingerprint density at radius 1 is 1.47 bits per heavy atom. The summed E-state index contributed by atoms with van der Waals surface area (Å²) in [4.78, 5) is 10.3. The maximum absolute atomic E-state index is 10.9. The molecule has 0 aliphatic rings. The number of fused-ring (bicyclic) bond motifs is 1. The molecule has 0 aliphatic heterocycles. The number of nitrogens with two attached hydrogens (primary N) is 1. The van der Waals surface area contributed by atoms with Gasteiger partial charge in [-0.3, -0.25) is 10.1 Å². The zero-order chi connectivity index (χ0) is 13.8. The zero-order valence-corrected chi connectivity index (χ0v) is 10.5. The Kier molecular flexibility index (Phi) is 3.91. The number of anilines is 1. The second kappa shape index (κ2) is 5.61. The molecule has 0 radical (unpaired) electrons. The van der Waals surface area contributed by atoms with E-state index in [1.165, 1.54) is 6.07 Å². The van der Waals surface area contributed by atoms with E-state index in [1.807, 2.05) is 0 Å². The van der Waals surface area contributed by atoms with Crippen molar-refractivity contribution in [3.05, 3.63) is 22.2 Å². The van der Waals surface area contributed by atoms with Crippen molar-refractivity contribution in [1.29, 1.82) is 0 Å². The topological polar surface area (TPSA) is 120 Å². The second-order valence-electron chi connectivity index (χ2n) is 4.22. The van der Waals surface area contributed by atoms with E-state index in [0.29, 0.717) is 17.7 Å². The van der Waals surface area contributed by atoms with E-state index in [4.69, 9.17) is 5.73 Å². The van der Waals surface area contributed by atoms with Crippen LogP contribution in [-0.2, 0) is 0 Å². The van der Waals surface area contributed by atoms with E-state index < -0.39 is 4.92 Å². The Balaban J connectivity index is 2.37. The van der Waals surface area contributed by atoms with Gasteiger partial charge in [-0.25, -0.2) is 4.63 Å². The van der Waals surface area contributed by atoms with Crippen molar-refractivity contribution in [2.75, 3.05) is 11.9 Å². The molecule has 1 unspecified atom stereocenters. The third-order valence-electron chi connectivity index (χ3n) is 2.87. The monoisotopic (exact) mass is 265 g/mol. The fourth-order valence-electron chi connectivity index (χ4n) is 1.93. The molecule has 0 fully saturated rings. The summed E-state index contributed by atoms with van der Waals surface area (Å²) in [6.45, 7) is 2.53. The zero-order valence-electron chi connectivity index (χ0n) is 10.5. The molecule has 0 bridgehead atoms. The standard InChI is InChI=1S/C11H15N5O3/c1-2-3-7(6-12)13-8-4-5-9(16(17)18)11-10(8)14-19-15-11/h4-5,7,13H,2-3,6,12H2,1H3. The van der Waals surface area contributed by atoms with Crippen molar-refractivity contribution in [1.82, 2.24) is 10.3 Å². The highest BCUT2D eigenvalue weighted by Crippen LogP contribution is 2.29. The lowest BCUT2D eigenvalue weighted by Crippen LogP contribution is -2.28. The van der Waals surface area contributed by atoms with Crippen molar-refractivity contribution in [2.45, 2.75) is 25.8 Å². The number of rotatable bonds is 6. The van der Waals surface area contributed by atoms with E-state index in [1.54, 1.807) is 6.07 Å². The van der Waals surface area contributed by atoms with Gasteiger partial charge in [0.25, 0.3) is 0 Å². The highest BCUT2D eigenvalue weighted by molar-refractivity contribution is 5.93. The summed E-state index contributed by atoms with van der Waals surface area (Å²) < 4.78 is 4.60. The van der Waals surface area contributed by atoms with Crippen LogP contribution >= 0.6 is 0 Å². The quantitative estimate of drug-likeness (QED) is 0.602. The molecular formula is C11H15N5O3. The van der Waals surface area contributed by atoms with E-state index in [9.17, 15) is 10.1 Å². The van der Waals surface area contributed by atoms with E-state index in [0.717, 1.165) is 12.8 Å². The maximum Gasteiger partial charge on any atom is 0.300 e. The number of nitrogens with zero attached hydrogens (tertiary/aromatic N) is 3. The van der Waals surface area contributed by atoms with E-state index in [-0.39, 0.29) is 17.2 Å². The minimum Gasteiger partial charge on any atom is -0.379 e. The number of nitro groups is 1. The number of nitrogens with one attached hydrogen (secondary N) is 1. The first-order valence-corrected chi connectivity index (χ1v) is 6.03. The van der Waals surface area contributed by atoms with Gasteiger partial charge in [0.1, 0.15) is 0 Å². The molecule has 0 saturated heterocycles. The molecule has 1 aromatic carbocycles. The summed E-state index contributed by atoms with van der Waals surface area (Å²) in [6, 6.07) is 3.07. The first-order valence-electron chi connectivity index (χ1n) is 6.03. The smallest absolute Gasteiger partial charge is 0.300 e. The molecule has 0 aliphatic carbocycles. The summed E-state index contributed by atoms with van der Waals surface area (Å²) >= 11 is 0. The van der Waals surface area contributed by atoms with Gasteiger partial charge in [-0.15, -0.1) is 0 Å². The summed E-state index contributed by atoms with van der Waals surface area (Å²) in [5.41, 5.74) is 6.69. The second-order valence-corrected chi connectivity index (χ2v) is 4.22. The highest BCUT2D eigenvalue weighted by Gasteiger charge is 2.20. The fourth-order valence-corrected chi connectivity index (χ4v) is 1.93. The number of nitro benzene ring substituents is 1. The molecule has 0 amide bonds. The molecule has 3 N–H and O–H groups in total. The van der Waals surface area contributed by atoms with Crippen LogP contribution in [0.5, 0.6) is 0 Å². The van der Waals surface area contributed by atoms with Gasteiger partial charge in [0.15, 0.2) is 5.52 Å². The van der Waals surface area contributed by atoms with Crippen LogP contribution in [0, 0.1) is 10.1 Å². The molecule has 102 valence electrons. The van der Waals surface area contributed by atoms with Crippen LogP contribution in [0.15, 0.2) is 16.8 Å². The summed E-state index contributed by atoms with van der Waals surface area (Å²) in [7, 11) is 0. The van der Waals surface area contributed by atoms with Gasteiger partial charge >= 0.3 is 5.69 Å². The summed E-state index contributed by atoms with van der Waals surface area (Å²) in [5, 5.41) is 21.4. The lowest BCUT2D eigenvalue weighted by atomic mass is 10.1. The normalized spacial score (nSPS) is 12.5. The third-order valence-corrected chi connectivity index (χ3v) is 2.87. The van der Waals surface area contributed by atoms with Crippen LogP contribution in [0.3, 0.4) is 0 Å². The first kappa shape index (κ1) is 13.2. The summed E-state index contributed by atoms with van der Waals surface area (Å²) in [5.74, 6) is 0. The minimum atomic E-state index is -0.511. The van der Waals surface area contributed by atoms with Crippen LogP contribution in [-0.4, -0.2) is 27.8 Å². The van der Waals surface area contributed by atoms with Crippen molar-refractivity contribution in [3.8, 4) is 0 Å². The van der Waals surface area contributed by atoms with Gasteiger partial charge in [-0.1, -0.05) is 13.3 Å². The number of aromatic nitrogens is 2. The lowest BCUT2D eigenvalue weighted by Gasteiger charge is -2.17. The van der Waals surface area contributed by atoms with Gasteiger partial charge in [0.2, 0.25) is 5.52 Å². The predicted octanol–water partition coefficient (Wildman–Crippen LogP) is 1.67. The third kappa shape index (κ3) is 2.63. The van der Waals surface area contributed by atoms with Gasteiger partial charge in [-0.2, -0.15) is 0 Å². The minimum absolute atomic E-state index is 0.0892. The molecule has 0 spiro atoms. The Bertz CT molecular complexity index is 583. The van der Waals surface area contributed by atoms with Gasteiger partial charge in [0, 0.05) is 18.7 Å². The average Bonchev–Trinajstić information content (AvgIpc) is 2.87. The highest BCUT2D eigenvalue weighted by atomic mass is 16.6. The molecule has 1 atom stereocenters. The van der Waals surface area contributed by atoms with Gasteiger partial charge < -0.3 is 11.1 Å². The fraction of sp³-hybridized carbons (Fsp3) is 0.455. The number of hydrogen-bond acceptors (Lipinski definition) is 7. The van der Waals surface area contributed by atoms with E-state index in [2.05, 4.69) is 27.2 Å². The van der Waals surface area contributed by atoms with Crippen molar-refractivity contribution < 1.29 is 9.55 Å². The first-order chi connectivity index (χ1) is 9.17. The molecule has 8 nitrogen and oxygen atoms in total.